The molecule has 1 nitrogen and oxygen atoms in total. The van der Waals surface area contributed by atoms with Crippen LogP contribution in [0.3, 0.4) is 0 Å². The Hall–Kier alpha value is 0.647. The van der Waals surface area contributed by atoms with Crippen molar-refractivity contribution in [2.24, 2.45) is 0 Å². The van der Waals surface area contributed by atoms with Gasteiger partial charge in [-0.3, -0.25) is 0 Å². The summed E-state index contributed by atoms with van der Waals surface area (Å²) in [5.41, 5.74) is 0. The van der Waals surface area contributed by atoms with Crippen molar-refractivity contribution in [2.45, 2.75) is 64.6 Å². The Labute approximate surface area is 123 Å². The molecule has 0 aliphatic carbocycles. The fourth-order valence-corrected chi connectivity index (χ4v) is 2.79. The molecule has 0 radical (unpaired) electrons. The lowest BCUT2D eigenvalue weighted by atomic mass is 10.2. The van der Waals surface area contributed by atoms with Crippen molar-refractivity contribution >= 4 is 30.9 Å². The normalized spacial score (nSPS) is 13.5. The minimum atomic E-state index is -1.52. The van der Waals surface area contributed by atoms with E-state index >= 15 is 0 Å². The molecule has 0 fully saturated rings. The summed E-state index contributed by atoms with van der Waals surface area (Å²) < 4.78 is 7.39. The SMILES string of the molecule is CC(C)(C)[Si](C)(C)OCC/C=C/CCCCI. The molecular formula is C14H29IOSi. The van der Waals surface area contributed by atoms with Gasteiger partial charge in [0, 0.05) is 6.61 Å². The zero-order chi connectivity index (χ0) is 13.4. The fourth-order valence-electron chi connectivity index (χ4n) is 1.19. The first-order valence-electron chi connectivity index (χ1n) is 6.66. The third-order valence-corrected chi connectivity index (χ3v) is 8.78. The molecule has 0 saturated carbocycles. The number of unbranched alkanes of at least 4 members (excludes halogenated alkanes) is 2. The van der Waals surface area contributed by atoms with Crippen molar-refractivity contribution < 1.29 is 4.43 Å². The Morgan fingerprint density at radius 1 is 1.06 bits per heavy atom. The number of alkyl halides is 1. The monoisotopic (exact) mass is 368 g/mol. The van der Waals surface area contributed by atoms with E-state index in [1.807, 2.05) is 0 Å². The third-order valence-electron chi connectivity index (χ3n) is 3.47. The van der Waals surface area contributed by atoms with Crippen molar-refractivity contribution in [3.63, 3.8) is 0 Å². The van der Waals surface area contributed by atoms with E-state index in [9.17, 15) is 0 Å². The van der Waals surface area contributed by atoms with Crippen molar-refractivity contribution in [1.82, 2.24) is 0 Å². The number of hydrogen-bond acceptors (Lipinski definition) is 1. The standard InChI is InChI=1S/C14H29IOSi/c1-14(2,3)17(4,5)16-13-11-9-7-6-8-10-12-15/h7,9H,6,8,10-13H2,1-5H3/b9-7+. The maximum absolute atomic E-state index is 6.11. The summed E-state index contributed by atoms with van der Waals surface area (Å²) in [5.74, 6) is 0. The molecule has 3 heteroatoms. The molecule has 102 valence electrons. The van der Waals surface area contributed by atoms with Crippen molar-refractivity contribution in [3.05, 3.63) is 12.2 Å². The van der Waals surface area contributed by atoms with Crippen LogP contribution in [0.1, 0.15) is 46.5 Å². The van der Waals surface area contributed by atoms with Crippen LogP contribution in [0.2, 0.25) is 18.1 Å². The molecule has 0 aromatic heterocycles. The number of halogens is 1. The molecule has 0 rings (SSSR count). The lowest BCUT2D eigenvalue weighted by Gasteiger charge is -2.36. The van der Waals surface area contributed by atoms with Crippen LogP contribution in [0.5, 0.6) is 0 Å². The molecule has 17 heavy (non-hydrogen) atoms. The molecule has 0 aromatic carbocycles. The first kappa shape index (κ1) is 17.6. The molecule has 0 heterocycles. The summed E-state index contributed by atoms with van der Waals surface area (Å²) in [5, 5.41) is 0.330. The van der Waals surface area contributed by atoms with E-state index in [0.29, 0.717) is 5.04 Å². The zero-order valence-electron chi connectivity index (χ0n) is 12.2. The lowest BCUT2D eigenvalue weighted by molar-refractivity contribution is 0.294. The van der Waals surface area contributed by atoms with Gasteiger partial charge in [0.25, 0.3) is 0 Å². The van der Waals surface area contributed by atoms with Crippen LogP contribution < -0.4 is 0 Å². The number of allylic oxidation sites excluding steroid dienone is 1. The summed E-state index contributed by atoms with van der Waals surface area (Å²) in [7, 11) is -1.52. The second kappa shape index (κ2) is 8.70. The van der Waals surface area contributed by atoms with Crippen molar-refractivity contribution in [1.29, 1.82) is 0 Å². The van der Waals surface area contributed by atoms with Gasteiger partial charge >= 0.3 is 0 Å². The predicted octanol–water partition coefficient (Wildman–Crippen LogP) is 5.56. The Morgan fingerprint density at radius 3 is 2.18 bits per heavy atom. The quantitative estimate of drug-likeness (QED) is 0.179. The van der Waals surface area contributed by atoms with E-state index in [2.05, 4.69) is 68.6 Å². The molecule has 0 aliphatic rings. The van der Waals surface area contributed by atoms with E-state index < -0.39 is 8.32 Å². The van der Waals surface area contributed by atoms with Crippen molar-refractivity contribution in [3.8, 4) is 0 Å². The van der Waals surface area contributed by atoms with Crippen LogP contribution in [-0.4, -0.2) is 19.4 Å². The predicted molar refractivity (Wildman–Crippen MR) is 89.6 cm³/mol. The highest BCUT2D eigenvalue weighted by Crippen LogP contribution is 2.36. The summed E-state index contributed by atoms with van der Waals surface area (Å²) >= 11 is 2.44. The van der Waals surface area contributed by atoms with Crippen LogP contribution in [0, 0.1) is 0 Å². The van der Waals surface area contributed by atoms with Crippen LogP contribution in [-0.2, 0) is 4.43 Å². The highest BCUT2D eigenvalue weighted by molar-refractivity contribution is 14.1. The fraction of sp³-hybridized carbons (Fsp3) is 0.857. The summed E-state index contributed by atoms with van der Waals surface area (Å²) in [4.78, 5) is 0. The average molecular weight is 368 g/mol. The van der Waals surface area contributed by atoms with Gasteiger partial charge in [-0.15, -0.1) is 0 Å². The second-order valence-electron chi connectivity index (χ2n) is 6.05. The molecule has 0 bridgehead atoms. The Morgan fingerprint density at radius 2 is 1.65 bits per heavy atom. The zero-order valence-corrected chi connectivity index (χ0v) is 15.3. The van der Waals surface area contributed by atoms with Gasteiger partial charge in [-0.25, -0.2) is 0 Å². The van der Waals surface area contributed by atoms with Gasteiger partial charge in [0.05, 0.1) is 0 Å². The van der Waals surface area contributed by atoms with E-state index in [4.69, 9.17) is 4.43 Å². The van der Waals surface area contributed by atoms with Gasteiger partial charge in [0.15, 0.2) is 8.32 Å². The number of rotatable bonds is 8. The number of hydrogen-bond donors (Lipinski definition) is 0. The van der Waals surface area contributed by atoms with E-state index in [-0.39, 0.29) is 0 Å². The minimum Gasteiger partial charge on any atom is -0.417 e. The van der Waals surface area contributed by atoms with Crippen LogP contribution in [0.15, 0.2) is 12.2 Å². The summed E-state index contributed by atoms with van der Waals surface area (Å²) in [6, 6.07) is 0. The topological polar surface area (TPSA) is 9.23 Å². The molecule has 0 amide bonds. The second-order valence-corrected chi connectivity index (χ2v) is 11.9. The van der Waals surface area contributed by atoms with Gasteiger partial charge in [0.2, 0.25) is 0 Å². The summed E-state index contributed by atoms with van der Waals surface area (Å²) in [6.45, 7) is 12.4. The molecule has 0 aliphatic heterocycles. The molecule has 0 aromatic rings. The Bertz CT molecular complexity index is 219. The van der Waals surface area contributed by atoms with Gasteiger partial charge in [-0.2, -0.15) is 0 Å². The molecule has 0 atom stereocenters. The van der Waals surface area contributed by atoms with Gasteiger partial charge in [-0.1, -0.05) is 55.5 Å². The van der Waals surface area contributed by atoms with Gasteiger partial charge < -0.3 is 4.43 Å². The van der Waals surface area contributed by atoms with Crippen LogP contribution >= 0.6 is 22.6 Å². The maximum Gasteiger partial charge on any atom is 0.191 e. The first-order chi connectivity index (χ1) is 7.81. The Kier molecular flexibility index (Phi) is 9.03. The third kappa shape index (κ3) is 8.38. The average Bonchev–Trinajstić information content (AvgIpc) is 2.20. The van der Waals surface area contributed by atoms with E-state index in [1.165, 1.54) is 23.7 Å². The molecule has 0 unspecified atom stereocenters. The molecule has 0 saturated heterocycles. The minimum absolute atomic E-state index is 0.330. The van der Waals surface area contributed by atoms with Gasteiger partial charge in [-0.05, 0) is 48.2 Å². The summed E-state index contributed by atoms with van der Waals surface area (Å²) in [6.07, 6.45) is 9.54. The first-order valence-corrected chi connectivity index (χ1v) is 11.1. The van der Waals surface area contributed by atoms with Crippen molar-refractivity contribution in [2.75, 3.05) is 11.0 Å². The lowest BCUT2D eigenvalue weighted by Crippen LogP contribution is -2.40. The highest BCUT2D eigenvalue weighted by atomic mass is 127. The smallest absolute Gasteiger partial charge is 0.191 e. The Balaban J connectivity index is 3.64. The largest absolute Gasteiger partial charge is 0.417 e. The highest BCUT2D eigenvalue weighted by Gasteiger charge is 2.36. The maximum atomic E-state index is 6.11. The van der Waals surface area contributed by atoms with Crippen LogP contribution in [0.25, 0.3) is 0 Å². The van der Waals surface area contributed by atoms with E-state index in [1.54, 1.807) is 0 Å². The molecule has 0 N–H and O–H groups in total. The molecular weight excluding hydrogens is 339 g/mol. The van der Waals surface area contributed by atoms with Crippen LogP contribution in [0.4, 0.5) is 0 Å². The molecule has 0 spiro atoms. The van der Waals surface area contributed by atoms with E-state index in [0.717, 1.165) is 13.0 Å². The van der Waals surface area contributed by atoms with Gasteiger partial charge in [0.1, 0.15) is 0 Å².